The zero-order valence-corrected chi connectivity index (χ0v) is 18.7. The maximum atomic E-state index is 14.3. The van der Waals surface area contributed by atoms with Gasteiger partial charge in [0.1, 0.15) is 5.82 Å². The molecule has 1 aliphatic carbocycles. The largest absolute Gasteiger partial charge is 0.383 e. The van der Waals surface area contributed by atoms with Crippen molar-refractivity contribution in [3.63, 3.8) is 0 Å². The van der Waals surface area contributed by atoms with Crippen molar-refractivity contribution in [3.8, 4) is 17.2 Å². The molecule has 2 aliphatic rings. The van der Waals surface area contributed by atoms with Gasteiger partial charge in [0.05, 0.1) is 29.8 Å². The second kappa shape index (κ2) is 9.36. The molecule has 0 radical (unpaired) electrons. The Morgan fingerprint density at radius 2 is 1.94 bits per heavy atom. The molecule has 2 fully saturated rings. The summed E-state index contributed by atoms with van der Waals surface area (Å²) in [6, 6.07) is 8.20. The second-order valence-electron chi connectivity index (χ2n) is 8.48. The summed E-state index contributed by atoms with van der Waals surface area (Å²) in [5.74, 6) is 0.265. The Kier molecular flexibility index (Phi) is 6.15. The summed E-state index contributed by atoms with van der Waals surface area (Å²) >= 11 is 0. The molecular weight excluding hydrogens is 423 g/mol. The van der Waals surface area contributed by atoms with Crippen molar-refractivity contribution in [1.29, 1.82) is 0 Å². The van der Waals surface area contributed by atoms with Crippen molar-refractivity contribution in [1.82, 2.24) is 29.5 Å². The Hall–Kier alpha value is -3.17. The molecule has 1 aliphatic heterocycles. The first-order chi connectivity index (χ1) is 16.2. The Labute approximate surface area is 192 Å². The summed E-state index contributed by atoms with van der Waals surface area (Å²) < 4.78 is 21.1. The van der Waals surface area contributed by atoms with Crippen LogP contribution in [0.2, 0.25) is 0 Å². The molecule has 1 aromatic carbocycles. The van der Waals surface area contributed by atoms with Gasteiger partial charge in [0.15, 0.2) is 0 Å². The lowest BCUT2D eigenvalue weighted by Crippen LogP contribution is -2.49. The van der Waals surface area contributed by atoms with Crippen LogP contribution in [0, 0.1) is 5.82 Å². The van der Waals surface area contributed by atoms with Crippen molar-refractivity contribution in [2.24, 2.45) is 0 Å². The molecule has 8 nitrogen and oxygen atoms in total. The molecule has 0 spiro atoms. The maximum Gasteiger partial charge on any atom is 0.257 e. The summed E-state index contributed by atoms with van der Waals surface area (Å²) in [4.78, 5) is 26.5. The topological polar surface area (TPSA) is 76.4 Å². The van der Waals surface area contributed by atoms with Crippen molar-refractivity contribution in [3.05, 3.63) is 59.8 Å². The van der Waals surface area contributed by atoms with E-state index in [1.807, 2.05) is 4.90 Å². The first-order valence-corrected chi connectivity index (χ1v) is 11.3. The SMILES string of the molecule is COCCN1CCN(C(=O)c2cnn(-c3nccc(-c4ccccc4F)n3)c2C2CC2)CC1. The van der Waals surface area contributed by atoms with Gasteiger partial charge in [-0.2, -0.15) is 5.10 Å². The quantitative estimate of drug-likeness (QED) is 0.551. The number of nitrogens with zero attached hydrogens (tertiary/aromatic N) is 6. The minimum atomic E-state index is -0.342. The predicted octanol–water partition coefficient (Wildman–Crippen LogP) is 2.75. The van der Waals surface area contributed by atoms with Gasteiger partial charge in [0, 0.05) is 57.5 Å². The van der Waals surface area contributed by atoms with E-state index in [0.29, 0.717) is 42.5 Å². The summed E-state index contributed by atoms with van der Waals surface area (Å²) in [7, 11) is 1.70. The number of piperazine rings is 1. The fourth-order valence-electron chi connectivity index (χ4n) is 4.27. The second-order valence-corrected chi connectivity index (χ2v) is 8.48. The fourth-order valence-corrected chi connectivity index (χ4v) is 4.27. The van der Waals surface area contributed by atoms with Gasteiger partial charge in [-0.3, -0.25) is 9.69 Å². The van der Waals surface area contributed by atoms with Crippen LogP contribution in [0.25, 0.3) is 17.2 Å². The number of ether oxygens (including phenoxy) is 1. The monoisotopic (exact) mass is 450 g/mol. The van der Waals surface area contributed by atoms with Gasteiger partial charge in [-0.05, 0) is 31.0 Å². The first-order valence-electron chi connectivity index (χ1n) is 11.3. The third-order valence-electron chi connectivity index (χ3n) is 6.25. The van der Waals surface area contributed by atoms with E-state index in [2.05, 4.69) is 20.0 Å². The van der Waals surface area contributed by atoms with Gasteiger partial charge in [0.2, 0.25) is 0 Å². The van der Waals surface area contributed by atoms with E-state index in [-0.39, 0.29) is 17.6 Å². The van der Waals surface area contributed by atoms with Crippen LogP contribution in [0.1, 0.15) is 34.8 Å². The van der Waals surface area contributed by atoms with Gasteiger partial charge in [-0.25, -0.2) is 19.0 Å². The smallest absolute Gasteiger partial charge is 0.257 e. The number of halogens is 1. The molecule has 1 amide bonds. The summed E-state index contributed by atoms with van der Waals surface area (Å²) in [6.45, 7) is 4.58. The number of benzene rings is 1. The normalized spacial score (nSPS) is 16.8. The predicted molar refractivity (Wildman–Crippen MR) is 121 cm³/mol. The molecule has 1 saturated heterocycles. The summed E-state index contributed by atoms with van der Waals surface area (Å²) in [6.07, 6.45) is 5.24. The van der Waals surface area contributed by atoms with Crippen LogP contribution >= 0.6 is 0 Å². The van der Waals surface area contributed by atoms with E-state index >= 15 is 0 Å². The van der Waals surface area contributed by atoms with E-state index in [1.165, 1.54) is 6.07 Å². The van der Waals surface area contributed by atoms with Crippen LogP contribution in [-0.2, 0) is 4.74 Å². The Morgan fingerprint density at radius 3 is 2.67 bits per heavy atom. The third-order valence-corrected chi connectivity index (χ3v) is 6.25. The zero-order valence-electron chi connectivity index (χ0n) is 18.7. The molecule has 5 rings (SSSR count). The van der Waals surface area contributed by atoms with Gasteiger partial charge < -0.3 is 9.64 Å². The molecular formula is C24H27FN6O2. The number of carbonyl (C=O) groups excluding carboxylic acids is 1. The van der Waals surface area contributed by atoms with Crippen LogP contribution in [0.4, 0.5) is 4.39 Å². The Bertz CT molecular complexity index is 1140. The molecule has 0 bridgehead atoms. The van der Waals surface area contributed by atoms with Crippen molar-refractivity contribution in [2.75, 3.05) is 46.4 Å². The highest BCUT2D eigenvalue weighted by Crippen LogP contribution is 2.42. The highest BCUT2D eigenvalue weighted by molar-refractivity contribution is 5.95. The number of carbonyl (C=O) groups is 1. The van der Waals surface area contributed by atoms with Gasteiger partial charge >= 0.3 is 0 Å². The van der Waals surface area contributed by atoms with E-state index in [1.54, 1.807) is 48.5 Å². The van der Waals surface area contributed by atoms with Crippen molar-refractivity contribution in [2.45, 2.75) is 18.8 Å². The number of hydrogen-bond donors (Lipinski definition) is 0. The van der Waals surface area contributed by atoms with E-state index in [9.17, 15) is 9.18 Å². The molecule has 3 aromatic rings. The van der Waals surface area contributed by atoms with E-state index in [0.717, 1.165) is 38.2 Å². The highest BCUT2D eigenvalue weighted by atomic mass is 19.1. The molecule has 0 unspecified atom stereocenters. The third kappa shape index (κ3) is 4.51. The average Bonchev–Trinajstić information content (AvgIpc) is 3.60. The highest BCUT2D eigenvalue weighted by Gasteiger charge is 2.35. The molecule has 9 heteroatoms. The Morgan fingerprint density at radius 1 is 1.15 bits per heavy atom. The van der Waals surface area contributed by atoms with Crippen LogP contribution in [0.15, 0.2) is 42.7 Å². The molecule has 0 atom stereocenters. The van der Waals surface area contributed by atoms with Gasteiger partial charge in [0.25, 0.3) is 11.9 Å². The van der Waals surface area contributed by atoms with Crippen LogP contribution in [-0.4, -0.2) is 81.9 Å². The number of rotatable bonds is 7. The number of amides is 1. The fraction of sp³-hybridized carbons (Fsp3) is 0.417. The van der Waals surface area contributed by atoms with E-state index in [4.69, 9.17) is 4.74 Å². The first kappa shape index (κ1) is 21.7. The van der Waals surface area contributed by atoms with Gasteiger partial charge in [-0.15, -0.1) is 0 Å². The summed E-state index contributed by atoms with van der Waals surface area (Å²) in [5.41, 5.74) is 2.36. The molecule has 0 N–H and O–H groups in total. The number of methoxy groups -OCH3 is 1. The molecule has 2 aromatic heterocycles. The average molecular weight is 451 g/mol. The van der Waals surface area contributed by atoms with Crippen LogP contribution < -0.4 is 0 Å². The van der Waals surface area contributed by atoms with Crippen molar-refractivity contribution >= 4 is 5.91 Å². The van der Waals surface area contributed by atoms with Gasteiger partial charge in [-0.1, -0.05) is 12.1 Å². The minimum absolute atomic E-state index is 0.000185. The molecule has 33 heavy (non-hydrogen) atoms. The lowest BCUT2D eigenvalue weighted by atomic mass is 10.1. The maximum absolute atomic E-state index is 14.3. The molecule has 3 heterocycles. The molecule has 1 saturated carbocycles. The van der Waals surface area contributed by atoms with Crippen LogP contribution in [0.5, 0.6) is 0 Å². The summed E-state index contributed by atoms with van der Waals surface area (Å²) in [5, 5.41) is 4.50. The molecule has 172 valence electrons. The Balaban J connectivity index is 1.41. The minimum Gasteiger partial charge on any atom is -0.383 e. The van der Waals surface area contributed by atoms with E-state index < -0.39 is 0 Å². The van der Waals surface area contributed by atoms with Crippen LogP contribution in [0.3, 0.4) is 0 Å². The lowest BCUT2D eigenvalue weighted by Gasteiger charge is -2.34. The standard InChI is InChI=1S/C24H27FN6O2/c1-33-15-14-29-10-12-30(13-11-29)23(32)19-16-27-31(22(19)17-6-7-17)24-26-9-8-21(28-24)18-4-2-3-5-20(18)25/h2-5,8-9,16-17H,6-7,10-15H2,1H3. The zero-order chi connectivity index (χ0) is 22.8. The van der Waals surface area contributed by atoms with Crippen molar-refractivity contribution < 1.29 is 13.9 Å². The number of hydrogen-bond acceptors (Lipinski definition) is 6. The number of aromatic nitrogens is 4. The lowest BCUT2D eigenvalue weighted by molar-refractivity contribution is 0.0593.